The Hall–Kier alpha value is -2.32. The highest BCUT2D eigenvalue weighted by molar-refractivity contribution is 5.97. The lowest BCUT2D eigenvalue weighted by atomic mass is 10.0. The number of aryl methyl sites for hydroxylation is 1. The van der Waals surface area contributed by atoms with Crippen LogP contribution in [-0.4, -0.2) is 36.7 Å². The zero-order valence-electron chi connectivity index (χ0n) is 12.4. The second-order valence-corrected chi connectivity index (χ2v) is 4.52. The number of methoxy groups -OCH3 is 1. The van der Waals surface area contributed by atoms with Crippen molar-refractivity contribution in [2.45, 2.75) is 26.3 Å². The minimum atomic E-state index is -0.702. The lowest BCUT2D eigenvalue weighted by molar-refractivity contribution is -0.142. The number of carbonyl (C=O) groups excluding carboxylic acids is 2. The second kappa shape index (κ2) is 8.08. The molecule has 5 nitrogen and oxygen atoms in total. The van der Waals surface area contributed by atoms with E-state index >= 15 is 0 Å². The molecule has 1 amide bonds. The number of aliphatic hydroxyl groups is 1. The lowest BCUT2D eigenvalue weighted by Crippen LogP contribution is -2.39. The third kappa shape index (κ3) is 4.93. The van der Waals surface area contributed by atoms with Crippen LogP contribution in [0.4, 0.5) is 0 Å². The summed E-state index contributed by atoms with van der Waals surface area (Å²) in [5.41, 5.74) is 2.12. The van der Waals surface area contributed by atoms with Crippen LogP contribution in [0.3, 0.4) is 0 Å². The van der Waals surface area contributed by atoms with Gasteiger partial charge in [0.25, 0.3) is 5.91 Å². The summed E-state index contributed by atoms with van der Waals surface area (Å²) in [7, 11) is 1.27. The van der Waals surface area contributed by atoms with Gasteiger partial charge in [0.05, 0.1) is 13.7 Å². The fourth-order valence-corrected chi connectivity index (χ4v) is 1.67. The molecule has 2 N–H and O–H groups in total. The Kier molecular flexibility index (Phi) is 6.44. The van der Waals surface area contributed by atoms with Crippen molar-refractivity contribution in [2.24, 2.45) is 0 Å². The molecule has 0 bridgehead atoms. The van der Waals surface area contributed by atoms with Crippen LogP contribution in [0.15, 0.2) is 18.2 Å². The topological polar surface area (TPSA) is 75.6 Å². The molecular weight excluding hydrogens is 270 g/mol. The first-order chi connectivity index (χ1) is 9.99. The number of ether oxygens (including phenoxy) is 1. The van der Waals surface area contributed by atoms with Gasteiger partial charge in [-0.05, 0) is 37.6 Å². The molecular formula is C16H19NO4. The third-order valence-electron chi connectivity index (χ3n) is 2.85. The lowest BCUT2D eigenvalue weighted by Gasteiger charge is -2.12. The summed E-state index contributed by atoms with van der Waals surface area (Å²) in [5.74, 6) is 4.93. The van der Waals surface area contributed by atoms with Crippen molar-refractivity contribution in [1.29, 1.82) is 0 Å². The van der Waals surface area contributed by atoms with Gasteiger partial charge >= 0.3 is 5.97 Å². The number of amides is 1. The van der Waals surface area contributed by atoms with Crippen LogP contribution < -0.4 is 5.32 Å². The minimum absolute atomic E-state index is 0.0257. The summed E-state index contributed by atoms with van der Waals surface area (Å²) in [4.78, 5) is 23.3. The second-order valence-electron chi connectivity index (χ2n) is 4.52. The average Bonchev–Trinajstić information content (AvgIpc) is 2.47. The normalized spacial score (nSPS) is 11.0. The molecule has 0 saturated heterocycles. The molecule has 1 unspecified atom stereocenters. The number of hydrogen-bond acceptors (Lipinski definition) is 4. The Morgan fingerprint density at radius 3 is 2.71 bits per heavy atom. The summed E-state index contributed by atoms with van der Waals surface area (Å²) >= 11 is 0. The molecule has 0 aromatic heterocycles. The summed E-state index contributed by atoms with van der Waals surface area (Å²) < 4.78 is 4.55. The van der Waals surface area contributed by atoms with Crippen molar-refractivity contribution in [3.8, 4) is 11.8 Å². The fraction of sp³-hybridized carbons (Fsp3) is 0.375. The first kappa shape index (κ1) is 16.7. The standard InChI is InChI=1S/C16H19NO4/c1-11-10-14(8-7-13(11)6-4-5-9-18)15(19)17-12(2)16(20)21-3/h7-8,10,12,18H,5,9H2,1-3H3,(H,17,19). The number of benzene rings is 1. The molecule has 5 heteroatoms. The van der Waals surface area contributed by atoms with E-state index in [1.54, 1.807) is 25.1 Å². The van der Waals surface area contributed by atoms with E-state index < -0.39 is 12.0 Å². The van der Waals surface area contributed by atoms with Crippen molar-refractivity contribution in [1.82, 2.24) is 5.32 Å². The maximum atomic E-state index is 12.0. The highest BCUT2D eigenvalue weighted by Crippen LogP contribution is 2.10. The van der Waals surface area contributed by atoms with Crippen LogP contribution in [0, 0.1) is 18.8 Å². The van der Waals surface area contributed by atoms with Gasteiger partial charge < -0.3 is 15.2 Å². The molecule has 0 aliphatic carbocycles. The molecule has 1 aromatic carbocycles. The van der Waals surface area contributed by atoms with Crippen LogP contribution in [0.1, 0.15) is 34.8 Å². The predicted octanol–water partition coefficient (Wildman–Crippen LogP) is 1.02. The summed E-state index contributed by atoms with van der Waals surface area (Å²) in [6, 6.07) is 4.40. The third-order valence-corrected chi connectivity index (χ3v) is 2.85. The van der Waals surface area contributed by atoms with Gasteiger partial charge in [0.15, 0.2) is 0 Å². The molecule has 0 spiro atoms. The first-order valence-electron chi connectivity index (χ1n) is 6.58. The van der Waals surface area contributed by atoms with Gasteiger partial charge in [0, 0.05) is 17.5 Å². The molecule has 1 rings (SSSR count). The molecule has 1 aromatic rings. The van der Waals surface area contributed by atoms with E-state index in [9.17, 15) is 9.59 Å². The molecule has 1 atom stereocenters. The van der Waals surface area contributed by atoms with Gasteiger partial charge in [-0.3, -0.25) is 4.79 Å². The molecule has 0 aliphatic rings. The highest BCUT2D eigenvalue weighted by Gasteiger charge is 2.17. The molecule has 0 fully saturated rings. The fourth-order valence-electron chi connectivity index (χ4n) is 1.67. The molecule has 112 valence electrons. The SMILES string of the molecule is COC(=O)C(C)NC(=O)c1ccc(C#CCCO)c(C)c1. The van der Waals surface area contributed by atoms with Crippen molar-refractivity contribution in [3.05, 3.63) is 34.9 Å². The number of aliphatic hydroxyl groups excluding tert-OH is 1. The van der Waals surface area contributed by atoms with Gasteiger partial charge in [-0.2, -0.15) is 0 Å². The van der Waals surface area contributed by atoms with Gasteiger partial charge in [0.2, 0.25) is 0 Å². The van der Waals surface area contributed by atoms with Gasteiger partial charge in [-0.25, -0.2) is 4.79 Å². The largest absolute Gasteiger partial charge is 0.467 e. The smallest absolute Gasteiger partial charge is 0.328 e. The van der Waals surface area contributed by atoms with Gasteiger partial charge in [-0.1, -0.05) is 11.8 Å². The summed E-state index contributed by atoms with van der Waals surface area (Å²) in [5, 5.41) is 11.2. The van der Waals surface area contributed by atoms with Gasteiger partial charge in [0.1, 0.15) is 6.04 Å². The number of rotatable bonds is 4. The van der Waals surface area contributed by atoms with Crippen LogP contribution >= 0.6 is 0 Å². The van der Waals surface area contributed by atoms with E-state index in [4.69, 9.17) is 5.11 Å². The van der Waals surface area contributed by atoms with Crippen molar-refractivity contribution in [2.75, 3.05) is 13.7 Å². The van der Waals surface area contributed by atoms with E-state index in [1.165, 1.54) is 7.11 Å². The van der Waals surface area contributed by atoms with Crippen LogP contribution in [0.5, 0.6) is 0 Å². The Balaban J connectivity index is 2.82. The molecule has 0 saturated carbocycles. The van der Waals surface area contributed by atoms with Crippen molar-refractivity contribution >= 4 is 11.9 Å². The minimum Gasteiger partial charge on any atom is -0.467 e. The van der Waals surface area contributed by atoms with E-state index in [0.29, 0.717) is 12.0 Å². The Morgan fingerprint density at radius 1 is 1.43 bits per heavy atom. The van der Waals surface area contributed by atoms with E-state index in [0.717, 1.165) is 11.1 Å². The van der Waals surface area contributed by atoms with Crippen LogP contribution in [0.25, 0.3) is 0 Å². The Morgan fingerprint density at radius 2 is 2.14 bits per heavy atom. The summed E-state index contributed by atoms with van der Waals surface area (Å²) in [6.45, 7) is 3.44. The Labute approximate surface area is 124 Å². The van der Waals surface area contributed by atoms with Crippen molar-refractivity contribution < 1.29 is 19.4 Å². The molecule has 0 aliphatic heterocycles. The number of hydrogen-bond donors (Lipinski definition) is 2. The zero-order valence-corrected chi connectivity index (χ0v) is 12.4. The number of esters is 1. The molecule has 21 heavy (non-hydrogen) atoms. The first-order valence-corrected chi connectivity index (χ1v) is 6.58. The monoisotopic (exact) mass is 289 g/mol. The van der Waals surface area contributed by atoms with E-state index in [-0.39, 0.29) is 12.5 Å². The maximum Gasteiger partial charge on any atom is 0.328 e. The zero-order chi connectivity index (χ0) is 15.8. The summed E-state index contributed by atoms with van der Waals surface area (Å²) in [6.07, 6.45) is 0.415. The number of carbonyl (C=O) groups is 2. The predicted molar refractivity (Wildman–Crippen MR) is 78.7 cm³/mol. The quantitative estimate of drug-likeness (QED) is 0.641. The van der Waals surface area contributed by atoms with Gasteiger partial charge in [-0.15, -0.1) is 0 Å². The van der Waals surface area contributed by atoms with Crippen molar-refractivity contribution in [3.63, 3.8) is 0 Å². The highest BCUT2D eigenvalue weighted by atomic mass is 16.5. The molecule has 0 heterocycles. The number of nitrogens with one attached hydrogen (secondary N) is 1. The average molecular weight is 289 g/mol. The van der Waals surface area contributed by atoms with E-state index in [1.807, 2.05) is 6.92 Å². The van der Waals surface area contributed by atoms with E-state index in [2.05, 4.69) is 21.9 Å². The maximum absolute atomic E-state index is 12.0. The van der Waals surface area contributed by atoms with Crippen LogP contribution in [0.2, 0.25) is 0 Å². The molecule has 0 radical (unpaired) electrons. The Bertz CT molecular complexity index is 584. The van der Waals surface area contributed by atoms with Crippen LogP contribution in [-0.2, 0) is 9.53 Å².